The number of hydrogen-bond acceptors (Lipinski definition) is 2. The summed E-state index contributed by atoms with van der Waals surface area (Å²) in [6.07, 6.45) is 19.3. The van der Waals surface area contributed by atoms with E-state index >= 15 is 0 Å². The van der Waals surface area contributed by atoms with Crippen LogP contribution in [0.1, 0.15) is 104 Å². The average molecular weight is 477 g/mol. The zero-order chi connectivity index (χ0) is 23.9. The summed E-state index contributed by atoms with van der Waals surface area (Å²) in [7, 11) is 0. The molecule has 192 valence electrons. The van der Waals surface area contributed by atoms with Crippen LogP contribution in [0.2, 0.25) is 0 Å². The lowest BCUT2D eigenvalue weighted by Crippen LogP contribution is -2.35. The lowest BCUT2D eigenvalue weighted by atomic mass is 9.61. The van der Waals surface area contributed by atoms with Crippen molar-refractivity contribution in [1.29, 1.82) is 0 Å². The summed E-state index contributed by atoms with van der Waals surface area (Å²) in [5.74, 6) is 3.13. The maximum absolute atomic E-state index is 14.3. The van der Waals surface area contributed by atoms with E-state index in [9.17, 15) is 8.78 Å². The summed E-state index contributed by atoms with van der Waals surface area (Å²) in [6, 6.07) is 2.97. The first-order valence-corrected chi connectivity index (χ1v) is 14.3. The largest absolute Gasteiger partial charge is 0.491 e. The van der Waals surface area contributed by atoms with Gasteiger partial charge in [0.05, 0.1) is 13.2 Å². The summed E-state index contributed by atoms with van der Waals surface area (Å²) in [6.45, 7) is 4.85. The topological polar surface area (TPSA) is 18.5 Å². The van der Waals surface area contributed by atoms with E-state index < -0.39 is 11.6 Å². The van der Waals surface area contributed by atoms with E-state index in [0.717, 1.165) is 36.0 Å². The molecule has 0 spiro atoms. The summed E-state index contributed by atoms with van der Waals surface area (Å²) in [4.78, 5) is 0. The summed E-state index contributed by atoms with van der Waals surface area (Å²) in [5, 5.41) is 0. The molecule has 3 aliphatic carbocycles. The predicted molar refractivity (Wildman–Crippen MR) is 134 cm³/mol. The van der Waals surface area contributed by atoms with Gasteiger partial charge in [0.2, 0.25) is 11.6 Å². The number of fused-ring (bicyclic) bond motifs is 1. The van der Waals surface area contributed by atoms with E-state index in [1.807, 2.05) is 0 Å². The van der Waals surface area contributed by atoms with Crippen molar-refractivity contribution in [3.63, 3.8) is 0 Å². The quantitative estimate of drug-likeness (QED) is 0.314. The molecule has 0 aliphatic heterocycles. The Morgan fingerprint density at radius 3 is 1.91 bits per heavy atom. The van der Waals surface area contributed by atoms with Gasteiger partial charge in [-0.2, -0.15) is 8.78 Å². The van der Waals surface area contributed by atoms with Crippen molar-refractivity contribution in [3.8, 4) is 11.5 Å². The van der Waals surface area contributed by atoms with Crippen LogP contribution in [-0.4, -0.2) is 13.2 Å². The molecule has 4 heteroatoms. The van der Waals surface area contributed by atoms with Crippen LogP contribution in [0.15, 0.2) is 12.1 Å². The van der Waals surface area contributed by atoms with Gasteiger partial charge in [-0.25, -0.2) is 0 Å². The van der Waals surface area contributed by atoms with Crippen molar-refractivity contribution in [3.05, 3.63) is 23.8 Å². The van der Waals surface area contributed by atoms with Crippen LogP contribution in [0.25, 0.3) is 0 Å². The molecule has 34 heavy (non-hydrogen) atoms. The third-order valence-corrected chi connectivity index (χ3v) is 9.32. The van der Waals surface area contributed by atoms with Crippen LogP contribution in [0.5, 0.6) is 11.5 Å². The predicted octanol–water partition coefficient (Wildman–Crippen LogP) is 8.96. The van der Waals surface area contributed by atoms with Crippen molar-refractivity contribution in [2.24, 2.45) is 35.5 Å². The summed E-state index contributed by atoms with van der Waals surface area (Å²) in [5.41, 5.74) is 0. The van der Waals surface area contributed by atoms with E-state index in [1.165, 1.54) is 95.6 Å². The number of rotatable bonds is 10. The zero-order valence-corrected chi connectivity index (χ0v) is 21.5. The first-order valence-electron chi connectivity index (χ1n) is 14.3. The van der Waals surface area contributed by atoms with Gasteiger partial charge in [0.25, 0.3) is 0 Å². The van der Waals surface area contributed by atoms with E-state index in [1.54, 1.807) is 6.92 Å². The lowest BCUT2D eigenvalue weighted by Gasteiger charge is -2.45. The summed E-state index contributed by atoms with van der Waals surface area (Å²) < 4.78 is 39.4. The third-order valence-electron chi connectivity index (χ3n) is 9.32. The van der Waals surface area contributed by atoms with Gasteiger partial charge in [0, 0.05) is 0 Å². The second-order valence-electron chi connectivity index (χ2n) is 11.5. The van der Waals surface area contributed by atoms with E-state index in [2.05, 4.69) is 6.92 Å². The van der Waals surface area contributed by atoms with Gasteiger partial charge in [-0.15, -0.1) is 0 Å². The smallest absolute Gasteiger partial charge is 0.204 e. The highest BCUT2D eigenvalue weighted by atomic mass is 19.2. The molecule has 3 fully saturated rings. The molecule has 0 saturated heterocycles. The van der Waals surface area contributed by atoms with Crippen molar-refractivity contribution in [1.82, 2.24) is 0 Å². The molecule has 4 atom stereocenters. The SMILES string of the molecule is CCCCCC1CCC(C2CCC3CC(COc4ccc(OCC)c(F)c4F)CCC3C2)CC1. The Labute approximate surface area is 206 Å². The lowest BCUT2D eigenvalue weighted by molar-refractivity contribution is 0.0477. The van der Waals surface area contributed by atoms with E-state index in [0.29, 0.717) is 19.1 Å². The van der Waals surface area contributed by atoms with Crippen molar-refractivity contribution in [2.75, 3.05) is 13.2 Å². The number of benzene rings is 1. The molecule has 0 amide bonds. The number of halogens is 2. The summed E-state index contributed by atoms with van der Waals surface area (Å²) >= 11 is 0. The Hall–Kier alpha value is -1.32. The molecule has 0 heterocycles. The molecular weight excluding hydrogens is 430 g/mol. The number of ether oxygens (including phenoxy) is 2. The molecule has 0 bridgehead atoms. The van der Waals surface area contributed by atoms with Crippen LogP contribution in [-0.2, 0) is 0 Å². The highest BCUT2D eigenvalue weighted by Gasteiger charge is 2.39. The molecular formula is C30H46F2O2. The van der Waals surface area contributed by atoms with Gasteiger partial charge in [-0.1, -0.05) is 45.4 Å². The van der Waals surface area contributed by atoms with Gasteiger partial charge >= 0.3 is 0 Å². The maximum atomic E-state index is 14.3. The second-order valence-corrected chi connectivity index (χ2v) is 11.5. The van der Waals surface area contributed by atoms with Crippen LogP contribution >= 0.6 is 0 Å². The minimum Gasteiger partial charge on any atom is -0.491 e. The molecule has 3 saturated carbocycles. The standard InChI is InChI=1S/C30H46F2O2/c1-3-5-6-7-21-8-11-23(12-9-21)25-15-14-24-18-22(10-13-26(24)19-25)20-34-28-17-16-27(33-4-2)29(31)30(28)32/h16-17,21-26H,3-15,18-20H2,1-2H3. The fraction of sp³-hybridized carbons (Fsp3) is 0.800. The first-order chi connectivity index (χ1) is 16.6. The van der Waals surface area contributed by atoms with E-state index in [4.69, 9.17) is 9.47 Å². The minimum absolute atomic E-state index is 0.0112. The van der Waals surface area contributed by atoms with Gasteiger partial charge in [-0.3, -0.25) is 0 Å². The molecule has 2 nitrogen and oxygen atoms in total. The van der Waals surface area contributed by atoms with Gasteiger partial charge in [0.1, 0.15) is 0 Å². The Morgan fingerprint density at radius 2 is 1.24 bits per heavy atom. The normalized spacial score (nSPS) is 31.6. The Morgan fingerprint density at radius 1 is 0.676 bits per heavy atom. The van der Waals surface area contributed by atoms with Gasteiger partial charge in [-0.05, 0) is 106 Å². The van der Waals surface area contributed by atoms with Crippen molar-refractivity contribution in [2.45, 2.75) is 104 Å². The molecule has 4 rings (SSSR count). The third kappa shape index (κ3) is 6.46. The Balaban J connectivity index is 1.20. The molecule has 4 unspecified atom stereocenters. The van der Waals surface area contributed by atoms with Crippen LogP contribution in [0.4, 0.5) is 8.78 Å². The maximum Gasteiger partial charge on any atom is 0.204 e. The monoisotopic (exact) mass is 476 g/mol. The van der Waals surface area contributed by atoms with Crippen LogP contribution in [0.3, 0.4) is 0 Å². The Kier molecular flexibility index (Phi) is 9.53. The highest BCUT2D eigenvalue weighted by molar-refractivity contribution is 5.35. The molecule has 0 aromatic heterocycles. The van der Waals surface area contributed by atoms with Crippen LogP contribution in [0, 0.1) is 47.1 Å². The van der Waals surface area contributed by atoms with Crippen molar-refractivity contribution < 1.29 is 18.3 Å². The van der Waals surface area contributed by atoms with Gasteiger partial charge in [0.15, 0.2) is 11.5 Å². The Bertz CT molecular complexity index is 758. The molecule has 1 aromatic rings. The number of unbranched alkanes of at least 4 members (excludes halogenated alkanes) is 2. The fourth-order valence-corrected chi connectivity index (χ4v) is 7.33. The molecule has 0 radical (unpaired) electrons. The zero-order valence-electron chi connectivity index (χ0n) is 21.5. The molecule has 1 aromatic carbocycles. The number of hydrogen-bond donors (Lipinski definition) is 0. The first kappa shape index (κ1) is 25.8. The highest BCUT2D eigenvalue weighted by Crippen LogP contribution is 2.49. The fourth-order valence-electron chi connectivity index (χ4n) is 7.33. The average Bonchev–Trinajstić information content (AvgIpc) is 2.86. The van der Waals surface area contributed by atoms with E-state index in [-0.39, 0.29) is 11.5 Å². The molecule has 3 aliphatic rings. The van der Waals surface area contributed by atoms with Crippen LogP contribution < -0.4 is 9.47 Å². The second kappa shape index (κ2) is 12.6. The van der Waals surface area contributed by atoms with Crippen molar-refractivity contribution >= 4 is 0 Å². The minimum atomic E-state index is -0.948. The van der Waals surface area contributed by atoms with Gasteiger partial charge < -0.3 is 9.47 Å². The molecule has 0 N–H and O–H groups in total.